The molecule has 40 heavy (non-hydrogen) atoms. The van der Waals surface area contributed by atoms with Gasteiger partial charge >= 0.3 is 11.9 Å². The van der Waals surface area contributed by atoms with Crippen LogP contribution in [-0.4, -0.2) is 51.6 Å². The summed E-state index contributed by atoms with van der Waals surface area (Å²) in [5, 5.41) is 0. The average molecular weight is 547 g/mol. The molecule has 0 spiro atoms. The van der Waals surface area contributed by atoms with Crippen molar-refractivity contribution in [2.24, 2.45) is 10.8 Å². The highest BCUT2D eigenvalue weighted by atomic mass is 16.5. The molecule has 0 atom stereocenters. The van der Waals surface area contributed by atoms with E-state index in [-0.39, 0.29) is 10.8 Å². The fourth-order valence-corrected chi connectivity index (χ4v) is 4.29. The Morgan fingerprint density at radius 3 is 1.62 bits per heavy atom. The molecule has 2 fully saturated rings. The van der Waals surface area contributed by atoms with Crippen molar-refractivity contribution in [3.63, 3.8) is 0 Å². The highest BCUT2D eigenvalue weighted by molar-refractivity contribution is 5.92. The Kier molecular flexibility index (Phi) is 8.49. The van der Waals surface area contributed by atoms with Crippen molar-refractivity contribution in [2.75, 3.05) is 39.6 Å². The van der Waals surface area contributed by atoms with E-state index in [1.54, 1.807) is 60.7 Å². The Labute approximate surface area is 234 Å². The third kappa shape index (κ3) is 7.27. The van der Waals surface area contributed by atoms with Gasteiger partial charge in [-0.05, 0) is 72.6 Å². The molecule has 3 aromatic rings. The number of benzene rings is 3. The molecule has 8 nitrogen and oxygen atoms in total. The zero-order valence-electron chi connectivity index (χ0n) is 22.9. The highest BCUT2D eigenvalue weighted by Crippen LogP contribution is 2.30. The molecule has 3 aromatic carbocycles. The van der Waals surface area contributed by atoms with Crippen molar-refractivity contribution in [1.82, 2.24) is 0 Å². The molecule has 0 amide bonds. The molecule has 8 heteroatoms. The number of carbonyl (C=O) groups excluding carboxylic acids is 2. The summed E-state index contributed by atoms with van der Waals surface area (Å²) in [6, 6.07) is 20.3. The first-order valence-corrected chi connectivity index (χ1v) is 13.4. The molecule has 0 radical (unpaired) electrons. The predicted octanol–water partition coefficient (Wildman–Crippen LogP) is 5.48. The van der Waals surface area contributed by atoms with Gasteiger partial charge in [0.25, 0.3) is 0 Å². The van der Waals surface area contributed by atoms with Crippen molar-refractivity contribution >= 4 is 11.9 Å². The van der Waals surface area contributed by atoms with E-state index in [0.29, 0.717) is 48.2 Å². The number of carbonyl (C=O) groups is 2. The Balaban J connectivity index is 1.05. The van der Waals surface area contributed by atoms with Crippen LogP contribution in [0.2, 0.25) is 0 Å². The summed E-state index contributed by atoms with van der Waals surface area (Å²) in [7, 11) is 0. The molecule has 210 valence electrons. The minimum atomic E-state index is -0.491. The van der Waals surface area contributed by atoms with E-state index in [0.717, 1.165) is 38.4 Å². The first-order chi connectivity index (χ1) is 19.3. The van der Waals surface area contributed by atoms with Gasteiger partial charge < -0.3 is 28.4 Å². The van der Waals surface area contributed by atoms with Crippen LogP contribution in [0, 0.1) is 10.8 Å². The van der Waals surface area contributed by atoms with Crippen LogP contribution in [0.15, 0.2) is 72.8 Å². The van der Waals surface area contributed by atoms with Gasteiger partial charge in [0.2, 0.25) is 0 Å². The van der Waals surface area contributed by atoms with Crippen LogP contribution in [0.3, 0.4) is 0 Å². The van der Waals surface area contributed by atoms with Crippen LogP contribution in [0.4, 0.5) is 0 Å². The lowest BCUT2D eigenvalue weighted by Gasteiger charge is -2.37. The maximum absolute atomic E-state index is 12.6. The zero-order chi connectivity index (χ0) is 28.0. The summed E-state index contributed by atoms with van der Waals surface area (Å²) >= 11 is 0. The van der Waals surface area contributed by atoms with E-state index in [4.69, 9.17) is 28.4 Å². The lowest BCUT2D eigenvalue weighted by Crippen LogP contribution is -2.43. The van der Waals surface area contributed by atoms with Gasteiger partial charge in [0, 0.05) is 10.8 Å². The van der Waals surface area contributed by atoms with E-state index in [9.17, 15) is 9.59 Å². The second kappa shape index (κ2) is 12.2. The Morgan fingerprint density at radius 1 is 0.675 bits per heavy atom. The molecule has 2 aliphatic rings. The van der Waals surface area contributed by atoms with Crippen molar-refractivity contribution in [2.45, 2.75) is 26.9 Å². The average Bonchev–Trinajstić information content (AvgIpc) is 2.93. The molecule has 0 saturated carbocycles. The quantitative estimate of drug-likeness (QED) is 0.218. The minimum Gasteiger partial charge on any atom is -0.494 e. The van der Waals surface area contributed by atoms with Crippen molar-refractivity contribution in [1.29, 1.82) is 0 Å². The van der Waals surface area contributed by atoms with Crippen molar-refractivity contribution < 1.29 is 38.0 Å². The summed E-state index contributed by atoms with van der Waals surface area (Å²) in [5.74, 6) is 0.413. The normalized spacial score (nSPS) is 16.8. The number of rotatable bonds is 12. The SMILES string of the molecule is CC1(CCOc2ccc(C(=O)Oc3ccc(OC(=O)c4ccc(COCC5(C)COC5)cc4)cc3)cc2)COC1. The third-order valence-electron chi connectivity index (χ3n) is 7.02. The summed E-state index contributed by atoms with van der Waals surface area (Å²) in [6.07, 6.45) is 0.917. The summed E-state index contributed by atoms with van der Waals surface area (Å²) in [5.41, 5.74) is 2.10. The summed E-state index contributed by atoms with van der Waals surface area (Å²) in [6.45, 7) is 9.00. The van der Waals surface area contributed by atoms with Gasteiger partial charge in [-0.3, -0.25) is 0 Å². The van der Waals surface area contributed by atoms with Crippen LogP contribution in [-0.2, 0) is 20.8 Å². The van der Waals surface area contributed by atoms with Gasteiger partial charge in [0.15, 0.2) is 0 Å². The Morgan fingerprint density at radius 2 is 1.15 bits per heavy atom. The zero-order valence-corrected chi connectivity index (χ0v) is 22.9. The van der Waals surface area contributed by atoms with Crippen LogP contribution in [0.5, 0.6) is 17.2 Å². The molecular formula is C32H34O8. The second-order valence-electron chi connectivity index (χ2n) is 11.2. The fraction of sp³-hybridized carbons (Fsp3) is 0.375. The molecule has 0 bridgehead atoms. The van der Waals surface area contributed by atoms with Crippen molar-refractivity contribution in [3.8, 4) is 17.2 Å². The maximum Gasteiger partial charge on any atom is 0.343 e. The Hall–Kier alpha value is -3.72. The predicted molar refractivity (Wildman–Crippen MR) is 147 cm³/mol. The van der Waals surface area contributed by atoms with Gasteiger partial charge in [-0.15, -0.1) is 0 Å². The molecule has 0 N–H and O–H groups in total. The van der Waals surface area contributed by atoms with Gasteiger partial charge in [0.05, 0.1) is 57.4 Å². The van der Waals surface area contributed by atoms with Crippen molar-refractivity contribution in [3.05, 3.63) is 89.5 Å². The molecule has 2 heterocycles. The number of hydrogen-bond acceptors (Lipinski definition) is 8. The number of hydrogen-bond donors (Lipinski definition) is 0. The minimum absolute atomic E-state index is 0.0997. The van der Waals surface area contributed by atoms with E-state index < -0.39 is 11.9 Å². The van der Waals surface area contributed by atoms with E-state index >= 15 is 0 Å². The fourth-order valence-electron chi connectivity index (χ4n) is 4.29. The van der Waals surface area contributed by atoms with Crippen LogP contribution < -0.4 is 14.2 Å². The number of ether oxygens (including phenoxy) is 6. The standard InChI is InChI=1S/C32H34O8/c1-31(18-36-19-31)15-16-38-26-9-7-25(8-10-26)30(34)40-28-13-11-27(12-14-28)39-29(33)24-5-3-23(4-6-24)17-35-20-32(2)21-37-22-32/h3-14H,15-22H2,1-2H3. The molecule has 5 rings (SSSR count). The Bertz CT molecular complexity index is 1190. The smallest absolute Gasteiger partial charge is 0.343 e. The van der Waals surface area contributed by atoms with E-state index in [1.807, 2.05) is 12.1 Å². The maximum atomic E-state index is 12.6. The second-order valence-corrected chi connectivity index (χ2v) is 11.2. The molecule has 0 aromatic heterocycles. The molecule has 2 saturated heterocycles. The molecular weight excluding hydrogens is 512 g/mol. The number of esters is 2. The first kappa shape index (κ1) is 27.8. The van der Waals surface area contributed by atoms with Gasteiger partial charge in [-0.2, -0.15) is 0 Å². The molecule has 0 unspecified atom stereocenters. The molecule has 0 aliphatic carbocycles. The molecule has 2 aliphatic heterocycles. The lowest BCUT2D eigenvalue weighted by molar-refractivity contribution is -0.140. The van der Waals surface area contributed by atoms with E-state index in [1.165, 1.54) is 0 Å². The van der Waals surface area contributed by atoms with Crippen LogP contribution >= 0.6 is 0 Å². The van der Waals surface area contributed by atoms with Gasteiger partial charge in [0.1, 0.15) is 17.2 Å². The lowest BCUT2D eigenvalue weighted by atomic mass is 9.85. The third-order valence-corrected chi connectivity index (χ3v) is 7.02. The largest absolute Gasteiger partial charge is 0.494 e. The summed E-state index contributed by atoms with van der Waals surface area (Å²) < 4.78 is 33.0. The van der Waals surface area contributed by atoms with E-state index in [2.05, 4.69) is 13.8 Å². The van der Waals surface area contributed by atoms with Gasteiger partial charge in [-0.1, -0.05) is 26.0 Å². The van der Waals surface area contributed by atoms with Crippen LogP contribution in [0.25, 0.3) is 0 Å². The van der Waals surface area contributed by atoms with Gasteiger partial charge in [-0.25, -0.2) is 9.59 Å². The monoisotopic (exact) mass is 546 g/mol. The topological polar surface area (TPSA) is 89.5 Å². The highest BCUT2D eigenvalue weighted by Gasteiger charge is 2.34. The first-order valence-electron chi connectivity index (χ1n) is 13.4. The summed E-state index contributed by atoms with van der Waals surface area (Å²) in [4.78, 5) is 25.1. The van der Waals surface area contributed by atoms with Crippen LogP contribution in [0.1, 0.15) is 46.5 Å².